The highest BCUT2D eigenvalue weighted by Gasteiger charge is 2.31. The monoisotopic (exact) mass is 544 g/mol. The minimum absolute atomic E-state index is 0.0283. The number of pyridine rings is 1. The Morgan fingerprint density at radius 2 is 1.82 bits per heavy atom. The molecule has 2 aromatic heterocycles. The highest BCUT2D eigenvalue weighted by atomic mass is 16.5. The Morgan fingerprint density at radius 3 is 2.49 bits per heavy atom. The van der Waals surface area contributed by atoms with Crippen molar-refractivity contribution in [1.29, 1.82) is 0 Å². The van der Waals surface area contributed by atoms with E-state index in [4.69, 9.17) is 13.9 Å². The Labute approximate surface area is 226 Å². The lowest BCUT2D eigenvalue weighted by atomic mass is 10.0. The number of amides is 4. The van der Waals surface area contributed by atoms with E-state index >= 15 is 0 Å². The largest absolute Gasteiger partial charge is 0.481 e. The summed E-state index contributed by atoms with van der Waals surface area (Å²) in [5.74, 6) is -1.33. The number of aromatic nitrogens is 2. The Kier molecular flexibility index (Phi) is 9.85. The van der Waals surface area contributed by atoms with Gasteiger partial charge in [-0.1, -0.05) is 13.8 Å². The van der Waals surface area contributed by atoms with Crippen LogP contribution in [0.5, 0.6) is 11.8 Å². The first-order valence-electron chi connectivity index (χ1n) is 12.8. The number of carbonyl (C=O) groups excluding carboxylic acids is 4. The van der Waals surface area contributed by atoms with E-state index < -0.39 is 35.8 Å². The van der Waals surface area contributed by atoms with Gasteiger partial charge in [-0.25, -0.2) is 4.98 Å². The number of hydrogen-bond donors (Lipinski definition) is 4. The number of nitrogens with one attached hydrogen (secondary N) is 4. The average Bonchev–Trinajstić information content (AvgIpc) is 3.30. The molecule has 0 unspecified atom stereocenters. The van der Waals surface area contributed by atoms with Gasteiger partial charge >= 0.3 is 0 Å². The summed E-state index contributed by atoms with van der Waals surface area (Å²) in [5, 5.41) is 11.1. The summed E-state index contributed by atoms with van der Waals surface area (Å²) in [6.45, 7) is 7.24. The number of rotatable bonds is 5. The Balaban J connectivity index is 1.91. The van der Waals surface area contributed by atoms with Crippen LogP contribution in [-0.2, 0) is 9.59 Å². The minimum Gasteiger partial charge on any atom is -0.481 e. The van der Waals surface area contributed by atoms with Crippen LogP contribution in [-0.4, -0.2) is 66.4 Å². The fourth-order valence-corrected chi connectivity index (χ4v) is 4.07. The molecule has 3 atom stereocenters. The minimum atomic E-state index is -0.924. The molecule has 3 heterocycles. The van der Waals surface area contributed by atoms with Crippen LogP contribution in [0, 0.1) is 12.8 Å². The van der Waals surface area contributed by atoms with Gasteiger partial charge < -0.3 is 35.2 Å². The van der Waals surface area contributed by atoms with Crippen LogP contribution in [0.3, 0.4) is 0 Å². The van der Waals surface area contributed by atoms with Gasteiger partial charge in [0.2, 0.25) is 29.5 Å². The summed E-state index contributed by atoms with van der Waals surface area (Å²) in [7, 11) is 2.83. The van der Waals surface area contributed by atoms with Crippen molar-refractivity contribution in [3.63, 3.8) is 0 Å². The van der Waals surface area contributed by atoms with E-state index in [0.29, 0.717) is 25.8 Å². The number of fused-ring (bicyclic) bond motifs is 2. The second-order valence-electron chi connectivity index (χ2n) is 9.61. The van der Waals surface area contributed by atoms with Gasteiger partial charge in [-0.15, -0.1) is 0 Å². The fourth-order valence-electron chi connectivity index (χ4n) is 4.07. The van der Waals surface area contributed by atoms with Crippen LogP contribution >= 0.6 is 0 Å². The van der Waals surface area contributed by atoms with Gasteiger partial charge in [0.25, 0.3) is 11.8 Å². The van der Waals surface area contributed by atoms with Crippen molar-refractivity contribution >= 4 is 23.6 Å². The molecule has 0 fully saturated rings. The lowest BCUT2D eigenvalue weighted by molar-refractivity contribution is -0.124. The molecule has 4 N–H and O–H groups in total. The van der Waals surface area contributed by atoms with Gasteiger partial charge in [0, 0.05) is 12.6 Å². The van der Waals surface area contributed by atoms with E-state index in [1.54, 1.807) is 13.8 Å². The maximum Gasteiger partial charge on any atom is 0.274 e. The Morgan fingerprint density at radius 1 is 1.08 bits per heavy atom. The van der Waals surface area contributed by atoms with Crippen molar-refractivity contribution in [3.8, 4) is 11.8 Å². The normalized spacial score (nSPS) is 21.0. The fraction of sp³-hybridized carbons (Fsp3) is 0.538. The topological polar surface area (TPSA) is 174 Å². The van der Waals surface area contributed by atoms with Crippen LogP contribution in [0.15, 0.2) is 16.5 Å². The number of methoxy groups -OCH3 is 2. The number of nitrogens with zero attached hydrogens (tertiary/aromatic N) is 2. The molecule has 0 saturated carbocycles. The predicted octanol–water partition coefficient (Wildman–Crippen LogP) is 1.43. The first-order valence-corrected chi connectivity index (χ1v) is 12.8. The smallest absolute Gasteiger partial charge is 0.274 e. The van der Waals surface area contributed by atoms with Crippen molar-refractivity contribution in [2.45, 2.75) is 65.1 Å². The van der Waals surface area contributed by atoms with Crippen molar-refractivity contribution < 1.29 is 33.1 Å². The maximum absolute atomic E-state index is 13.5. The molecule has 212 valence electrons. The van der Waals surface area contributed by atoms with Crippen LogP contribution in [0.1, 0.15) is 78.6 Å². The Bertz CT molecular complexity index is 1210. The van der Waals surface area contributed by atoms with Crippen molar-refractivity contribution in [2.24, 2.45) is 5.92 Å². The summed E-state index contributed by atoms with van der Waals surface area (Å²) in [5.41, 5.74) is 0.166. The van der Waals surface area contributed by atoms with Crippen molar-refractivity contribution in [2.75, 3.05) is 20.8 Å². The number of oxazole rings is 1. The van der Waals surface area contributed by atoms with Crippen molar-refractivity contribution in [3.05, 3.63) is 35.0 Å². The van der Waals surface area contributed by atoms with Gasteiger partial charge in [0.1, 0.15) is 29.4 Å². The van der Waals surface area contributed by atoms with Gasteiger partial charge in [0.15, 0.2) is 5.69 Å². The molecule has 1 aliphatic heterocycles. The van der Waals surface area contributed by atoms with Crippen LogP contribution < -0.4 is 30.7 Å². The first kappa shape index (κ1) is 29.4. The van der Waals surface area contributed by atoms with Crippen LogP contribution in [0.4, 0.5) is 0 Å². The summed E-state index contributed by atoms with van der Waals surface area (Å²) in [4.78, 5) is 60.4. The zero-order valence-corrected chi connectivity index (χ0v) is 23.0. The van der Waals surface area contributed by atoms with E-state index in [2.05, 4.69) is 31.2 Å². The van der Waals surface area contributed by atoms with E-state index in [1.165, 1.54) is 26.4 Å². The molecule has 0 saturated heterocycles. The van der Waals surface area contributed by atoms with Crippen LogP contribution in [0.2, 0.25) is 0 Å². The molecular formula is C26H36N6O7. The van der Waals surface area contributed by atoms with E-state index in [-0.39, 0.29) is 46.5 Å². The molecule has 39 heavy (non-hydrogen) atoms. The van der Waals surface area contributed by atoms with Gasteiger partial charge in [-0.05, 0) is 45.1 Å². The zero-order chi connectivity index (χ0) is 28.7. The van der Waals surface area contributed by atoms with Gasteiger partial charge in [0.05, 0.1) is 14.2 Å². The van der Waals surface area contributed by atoms with Gasteiger partial charge in [-0.2, -0.15) is 4.98 Å². The van der Waals surface area contributed by atoms with E-state index in [9.17, 15) is 19.2 Å². The molecule has 0 aromatic carbocycles. The predicted molar refractivity (Wildman–Crippen MR) is 139 cm³/mol. The molecule has 13 heteroatoms. The number of hydrogen-bond acceptors (Lipinski definition) is 9. The molecule has 4 amide bonds. The highest BCUT2D eigenvalue weighted by Crippen LogP contribution is 2.25. The quantitative estimate of drug-likeness (QED) is 0.434. The molecule has 0 radical (unpaired) electrons. The highest BCUT2D eigenvalue weighted by molar-refractivity contribution is 5.99. The third-order valence-electron chi connectivity index (χ3n) is 6.32. The summed E-state index contributed by atoms with van der Waals surface area (Å²) < 4.78 is 16.1. The SMILES string of the molecule is COc1ccc(C(=O)N[C@H]2CCCCNC(=O)[C@@H](C)NC(=O)c3nc(oc3C)[C@H](C(C)C)NC2=O)c(OC)n1. The summed E-state index contributed by atoms with van der Waals surface area (Å²) in [6.07, 6.45) is 1.37. The Hall–Kier alpha value is -4.16. The molecule has 13 nitrogen and oxygen atoms in total. The molecule has 2 aromatic rings. The molecular weight excluding hydrogens is 508 g/mol. The molecule has 2 bridgehead atoms. The number of carbonyl (C=O) groups is 4. The standard InChI is InChI=1S/C26H36N6O7/c1-13(2)19-26-32-20(15(4)39-26)24(36)28-14(3)21(33)27-12-8-7-9-17(23(35)31-19)29-22(34)16-10-11-18(37-5)30-25(16)38-6/h10-11,13-14,17,19H,7-9,12H2,1-6H3,(H,27,33)(H,28,36)(H,29,34)(H,31,35)/t14-,17+,19+/m1/s1. The number of ether oxygens (including phenoxy) is 2. The molecule has 0 aliphatic carbocycles. The second kappa shape index (κ2) is 13.1. The summed E-state index contributed by atoms with van der Waals surface area (Å²) in [6, 6.07) is 0.636. The average molecular weight is 545 g/mol. The first-order chi connectivity index (χ1) is 18.5. The molecule has 3 rings (SSSR count). The van der Waals surface area contributed by atoms with E-state index in [0.717, 1.165) is 0 Å². The zero-order valence-electron chi connectivity index (χ0n) is 23.0. The van der Waals surface area contributed by atoms with Crippen molar-refractivity contribution in [1.82, 2.24) is 31.2 Å². The number of aryl methyl sites for hydroxylation is 1. The second-order valence-corrected chi connectivity index (χ2v) is 9.61. The lowest BCUT2D eigenvalue weighted by Gasteiger charge is -2.24. The molecule has 0 spiro atoms. The third kappa shape index (κ3) is 7.24. The third-order valence-corrected chi connectivity index (χ3v) is 6.32. The summed E-state index contributed by atoms with van der Waals surface area (Å²) >= 11 is 0. The van der Waals surface area contributed by atoms with E-state index in [1.807, 2.05) is 13.8 Å². The molecule has 1 aliphatic rings. The lowest BCUT2D eigenvalue weighted by Crippen LogP contribution is -2.48. The van der Waals surface area contributed by atoms with Crippen LogP contribution in [0.25, 0.3) is 0 Å². The maximum atomic E-state index is 13.5. The van der Waals surface area contributed by atoms with Gasteiger partial charge in [-0.3, -0.25) is 19.2 Å².